The molecular weight excluding hydrogens is 1010 g/mol. The van der Waals surface area contributed by atoms with Crippen LogP contribution in [0.25, 0.3) is 154 Å². The predicted molar refractivity (Wildman–Crippen MR) is 345 cm³/mol. The van der Waals surface area contributed by atoms with E-state index in [1.54, 1.807) is 0 Å². The molecule has 2 heteroatoms. The van der Waals surface area contributed by atoms with Crippen LogP contribution in [0.4, 0.5) is 0 Å². The Hall–Kier alpha value is -9.56. The van der Waals surface area contributed by atoms with Gasteiger partial charge in [0.05, 0.1) is 0 Å². The van der Waals surface area contributed by atoms with Gasteiger partial charge in [-0.1, -0.05) is 278 Å². The predicted octanol–water partition coefficient (Wildman–Crippen LogP) is 23.2. The Bertz CT molecular complexity index is 4600. The minimum atomic E-state index is 0.676. The normalized spacial score (nSPS) is 11.6. The molecule has 80 heavy (non-hydrogen) atoms. The molecule has 0 unspecified atom stereocenters. The summed E-state index contributed by atoms with van der Waals surface area (Å²) < 4.78 is 0. The van der Waals surface area contributed by atoms with Crippen LogP contribution in [-0.4, -0.2) is 0 Å². The van der Waals surface area contributed by atoms with Crippen molar-refractivity contribution in [3.63, 3.8) is 0 Å². The fourth-order valence-electron chi connectivity index (χ4n) is 12.9. The van der Waals surface area contributed by atoms with E-state index in [0.717, 1.165) is 66.8 Å². The van der Waals surface area contributed by atoms with Gasteiger partial charge >= 0.3 is 0 Å². The van der Waals surface area contributed by atoms with Crippen LogP contribution in [0.1, 0.15) is 0 Å². The molecule has 15 aromatic carbocycles. The van der Waals surface area contributed by atoms with E-state index in [1.807, 2.05) is 12.1 Å². The summed E-state index contributed by atoms with van der Waals surface area (Å²) in [6.07, 6.45) is 0. The van der Waals surface area contributed by atoms with Crippen molar-refractivity contribution < 1.29 is 0 Å². The van der Waals surface area contributed by atoms with Crippen LogP contribution in [0.15, 0.2) is 291 Å². The first-order chi connectivity index (χ1) is 39.6. The largest absolute Gasteiger partial charge is 0.0843 e. The molecule has 0 atom stereocenters. The Labute approximate surface area is 475 Å². The van der Waals surface area contributed by atoms with Gasteiger partial charge in [0.15, 0.2) is 0 Å². The lowest BCUT2D eigenvalue weighted by molar-refractivity contribution is 1.56. The third-order valence-corrected chi connectivity index (χ3v) is 16.8. The molecule has 15 aromatic rings. The van der Waals surface area contributed by atoms with Gasteiger partial charge in [0.2, 0.25) is 0 Å². The lowest BCUT2D eigenvalue weighted by atomic mass is 9.80. The number of benzene rings is 15. The van der Waals surface area contributed by atoms with E-state index in [9.17, 15) is 0 Å². The highest BCUT2D eigenvalue weighted by Crippen LogP contribution is 2.53. The van der Waals surface area contributed by atoms with Crippen molar-refractivity contribution in [3.05, 3.63) is 301 Å². The highest BCUT2D eigenvalue weighted by molar-refractivity contribution is 6.36. The topological polar surface area (TPSA) is 0 Å². The van der Waals surface area contributed by atoms with Crippen LogP contribution in [-0.2, 0) is 0 Å². The van der Waals surface area contributed by atoms with Crippen molar-refractivity contribution in [2.45, 2.75) is 0 Å². The lowest BCUT2D eigenvalue weighted by Crippen LogP contribution is -1.96. The maximum atomic E-state index is 7.19. The summed E-state index contributed by atoms with van der Waals surface area (Å²) in [7, 11) is 0. The van der Waals surface area contributed by atoms with E-state index < -0.39 is 0 Å². The van der Waals surface area contributed by atoms with Crippen LogP contribution in [0.2, 0.25) is 10.0 Å². The summed E-state index contributed by atoms with van der Waals surface area (Å²) in [5.74, 6) is 0. The molecule has 0 spiro atoms. The third kappa shape index (κ3) is 7.90. The zero-order valence-corrected chi connectivity index (χ0v) is 45.0. The first kappa shape index (κ1) is 47.6. The van der Waals surface area contributed by atoms with Gasteiger partial charge in [-0.15, -0.1) is 0 Å². The summed E-state index contributed by atoms with van der Waals surface area (Å²) in [4.78, 5) is 0. The van der Waals surface area contributed by atoms with E-state index in [2.05, 4.69) is 279 Å². The molecule has 374 valence electrons. The summed E-state index contributed by atoms with van der Waals surface area (Å²) in [5.41, 5.74) is 18.0. The van der Waals surface area contributed by atoms with E-state index in [4.69, 9.17) is 23.2 Å². The molecule has 15 rings (SSSR count). The van der Waals surface area contributed by atoms with E-state index in [1.165, 1.54) is 86.9 Å². The minimum absolute atomic E-state index is 0.676. The molecular formula is C78H48Cl2. The molecule has 0 aromatic heterocycles. The van der Waals surface area contributed by atoms with E-state index >= 15 is 0 Å². The number of rotatable bonds is 8. The molecule has 0 saturated carbocycles. The Kier molecular flexibility index (Phi) is 11.7. The first-order valence-corrected chi connectivity index (χ1v) is 28.0. The second-order valence-corrected chi connectivity index (χ2v) is 21.7. The standard InChI is InChI=1S/C78H48Cl2/c79-55-41-43-57(69(45-55)71-47-67(49-21-5-1-6-22-49)75-63-33-17-13-29-59(63)61-31-15-19-35-65(61)77(75)73(71)53-25-9-3-10-26-53)51-37-39-52(40-38-51)58-44-42-56(80)46-70(58)72-48-68(50-23-7-2-8-24-50)76-64-34-18-14-30-60(64)62-32-16-20-36-66(62)78(76)74(72)54-27-11-4-12-28-54/h1-48H. The van der Waals surface area contributed by atoms with Gasteiger partial charge in [-0.3, -0.25) is 0 Å². The van der Waals surface area contributed by atoms with Gasteiger partial charge in [0, 0.05) is 10.0 Å². The molecule has 0 heterocycles. The van der Waals surface area contributed by atoms with Crippen LogP contribution >= 0.6 is 23.2 Å². The SMILES string of the molecule is Clc1ccc(-c2ccc(-c3ccc(Cl)cc3-c3cc(-c4ccccc4)c4c5ccccc5c5ccccc5c4c3-c3ccccc3)cc2)c(-c2cc(-c3ccccc3)c3c4ccccc4c4ccccc4c3c2-c2ccccc2)c1. The Morgan fingerprint density at radius 1 is 0.163 bits per heavy atom. The molecule has 0 bridgehead atoms. The number of halogens is 2. The zero-order valence-electron chi connectivity index (χ0n) is 43.5. The second-order valence-electron chi connectivity index (χ2n) is 20.8. The molecule has 0 saturated heterocycles. The molecule has 0 N–H and O–H groups in total. The molecule has 0 aliphatic rings. The van der Waals surface area contributed by atoms with Crippen LogP contribution in [0, 0.1) is 0 Å². The third-order valence-electron chi connectivity index (χ3n) is 16.4. The maximum absolute atomic E-state index is 7.19. The molecule has 0 nitrogen and oxygen atoms in total. The fourth-order valence-corrected chi connectivity index (χ4v) is 13.3. The number of hydrogen-bond donors (Lipinski definition) is 0. The Morgan fingerprint density at radius 3 is 0.750 bits per heavy atom. The highest BCUT2D eigenvalue weighted by atomic mass is 35.5. The van der Waals surface area contributed by atoms with Crippen molar-refractivity contribution in [1.82, 2.24) is 0 Å². The average Bonchev–Trinajstić information content (AvgIpc) is 3.57. The van der Waals surface area contributed by atoms with Crippen molar-refractivity contribution >= 4 is 87.8 Å². The maximum Gasteiger partial charge on any atom is 0.0412 e. The van der Waals surface area contributed by atoms with Gasteiger partial charge in [-0.05, 0) is 190 Å². The zero-order chi connectivity index (χ0) is 53.3. The lowest BCUT2D eigenvalue weighted by Gasteiger charge is -2.23. The van der Waals surface area contributed by atoms with Crippen molar-refractivity contribution in [2.24, 2.45) is 0 Å². The summed E-state index contributed by atoms with van der Waals surface area (Å²) in [6, 6.07) is 106. The fraction of sp³-hybridized carbons (Fsp3) is 0. The van der Waals surface area contributed by atoms with Gasteiger partial charge in [0.1, 0.15) is 0 Å². The van der Waals surface area contributed by atoms with E-state index in [0.29, 0.717) is 10.0 Å². The smallest absolute Gasteiger partial charge is 0.0412 e. The molecule has 0 fully saturated rings. The van der Waals surface area contributed by atoms with Crippen molar-refractivity contribution in [3.8, 4) is 89.0 Å². The summed E-state index contributed by atoms with van der Waals surface area (Å²) in [6.45, 7) is 0. The van der Waals surface area contributed by atoms with Gasteiger partial charge in [0.25, 0.3) is 0 Å². The second kappa shape index (κ2) is 19.7. The van der Waals surface area contributed by atoms with Gasteiger partial charge in [-0.2, -0.15) is 0 Å². The van der Waals surface area contributed by atoms with Crippen LogP contribution in [0.3, 0.4) is 0 Å². The molecule has 0 amide bonds. The average molecular weight is 1060 g/mol. The van der Waals surface area contributed by atoms with Gasteiger partial charge in [-0.25, -0.2) is 0 Å². The number of hydrogen-bond acceptors (Lipinski definition) is 0. The number of fused-ring (bicyclic) bond motifs is 12. The first-order valence-electron chi connectivity index (χ1n) is 27.3. The quantitative estimate of drug-likeness (QED) is 0.133. The molecule has 0 aliphatic heterocycles. The molecule has 0 radical (unpaired) electrons. The highest BCUT2D eigenvalue weighted by Gasteiger charge is 2.26. The summed E-state index contributed by atoms with van der Waals surface area (Å²) >= 11 is 14.4. The van der Waals surface area contributed by atoms with Crippen molar-refractivity contribution in [2.75, 3.05) is 0 Å². The monoisotopic (exact) mass is 1050 g/mol. The van der Waals surface area contributed by atoms with Gasteiger partial charge < -0.3 is 0 Å². The minimum Gasteiger partial charge on any atom is -0.0843 e. The van der Waals surface area contributed by atoms with E-state index in [-0.39, 0.29) is 0 Å². The Morgan fingerprint density at radius 2 is 0.425 bits per heavy atom. The summed E-state index contributed by atoms with van der Waals surface area (Å²) in [5, 5.41) is 16.1. The van der Waals surface area contributed by atoms with Crippen molar-refractivity contribution in [1.29, 1.82) is 0 Å². The Balaban J connectivity index is 0.974. The molecule has 0 aliphatic carbocycles. The van der Waals surface area contributed by atoms with Crippen LogP contribution in [0.5, 0.6) is 0 Å². The van der Waals surface area contributed by atoms with Crippen LogP contribution < -0.4 is 0 Å².